The van der Waals surface area contributed by atoms with Gasteiger partial charge in [-0.2, -0.15) is 0 Å². The lowest BCUT2D eigenvalue weighted by atomic mass is 10.1. The summed E-state index contributed by atoms with van der Waals surface area (Å²) in [6.45, 7) is 3.02. The Morgan fingerprint density at radius 2 is 1.78 bits per heavy atom. The molecule has 5 heteroatoms. The van der Waals surface area contributed by atoms with E-state index in [9.17, 15) is 9.59 Å². The van der Waals surface area contributed by atoms with E-state index >= 15 is 0 Å². The molecule has 0 heterocycles. The third kappa shape index (κ3) is 3.34. The van der Waals surface area contributed by atoms with Crippen molar-refractivity contribution in [3.63, 3.8) is 0 Å². The molecule has 0 atom stereocenters. The maximum absolute atomic E-state index is 12.0. The van der Waals surface area contributed by atoms with Crippen LogP contribution in [0.25, 0.3) is 0 Å². The molecule has 1 aromatic rings. The number of para-hydroxylation sites is 1. The van der Waals surface area contributed by atoms with E-state index in [1.54, 1.807) is 38.2 Å². The van der Waals surface area contributed by atoms with E-state index in [2.05, 4.69) is 10.6 Å². The molecule has 0 radical (unpaired) electrons. The van der Waals surface area contributed by atoms with E-state index in [4.69, 9.17) is 11.6 Å². The summed E-state index contributed by atoms with van der Waals surface area (Å²) >= 11 is 5.93. The Hall–Kier alpha value is -1.81. The maximum Gasteiger partial charge on any atom is 0.261 e. The molecule has 1 rings (SSSR count). The Kier molecular flexibility index (Phi) is 4.92. The Balaban J connectivity index is 3.01. The summed E-state index contributed by atoms with van der Waals surface area (Å²) in [4.78, 5) is 23.5. The molecule has 0 unspecified atom stereocenters. The zero-order valence-corrected chi connectivity index (χ0v) is 11.3. The first-order valence-electron chi connectivity index (χ1n) is 5.42. The van der Waals surface area contributed by atoms with Gasteiger partial charge in [-0.15, -0.1) is 0 Å². The van der Waals surface area contributed by atoms with Crippen LogP contribution in [-0.2, 0) is 9.59 Å². The van der Waals surface area contributed by atoms with Gasteiger partial charge in [0.05, 0.1) is 10.7 Å². The second-order valence-electron chi connectivity index (χ2n) is 3.74. The fraction of sp³-hybridized carbons (Fsp3) is 0.231. The molecule has 0 spiro atoms. The van der Waals surface area contributed by atoms with Crippen LogP contribution < -0.4 is 10.6 Å². The third-order valence-electron chi connectivity index (χ3n) is 2.45. The molecule has 0 aliphatic heterocycles. The molecule has 0 aliphatic carbocycles. The normalized spacial score (nSPS) is 11.6. The van der Waals surface area contributed by atoms with Crippen molar-refractivity contribution >= 4 is 29.0 Å². The lowest BCUT2D eigenvalue weighted by Crippen LogP contribution is -2.23. The molecule has 0 fully saturated rings. The van der Waals surface area contributed by atoms with Crippen LogP contribution in [0.3, 0.4) is 0 Å². The Labute approximate surface area is 111 Å². The number of carbonyl (C=O) groups excluding carboxylic acids is 2. The summed E-state index contributed by atoms with van der Waals surface area (Å²) in [6.07, 6.45) is 0. The highest BCUT2D eigenvalue weighted by Gasteiger charge is 2.18. The summed E-state index contributed by atoms with van der Waals surface area (Å²) in [6, 6.07) is 6.86. The second kappa shape index (κ2) is 6.21. The van der Waals surface area contributed by atoms with Crippen molar-refractivity contribution in [1.29, 1.82) is 0 Å². The number of anilines is 1. The van der Waals surface area contributed by atoms with E-state index in [0.29, 0.717) is 16.4 Å². The smallest absolute Gasteiger partial charge is 0.261 e. The minimum atomic E-state index is -0.470. The van der Waals surface area contributed by atoms with Gasteiger partial charge in [0.25, 0.3) is 5.91 Å². The summed E-state index contributed by atoms with van der Waals surface area (Å²) < 4.78 is 0. The van der Waals surface area contributed by atoms with Gasteiger partial charge in [0.15, 0.2) is 5.78 Å². The van der Waals surface area contributed by atoms with Gasteiger partial charge in [0, 0.05) is 12.7 Å². The summed E-state index contributed by atoms with van der Waals surface area (Å²) in [5.41, 5.74) is 1.09. The van der Waals surface area contributed by atoms with Crippen molar-refractivity contribution < 1.29 is 9.59 Å². The molecule has 2 N–H and O–H groups in total. The van der Waals surface area contributed by atoms with Crippen LogP contribution >= 0.6 is 11.6 Å². The van der Waals surface area contributed by atoms with E-state index < -0.39 is 5.91 Å². The highest BCUT2D eigenvalue weighted by Crippen LogP contribution is 2.21. The molecule has 18 heavy (non-hydrogen) atoms. The van der Waals surface area contributed by atoms with Crippen molar-refractivity contribution in [2.45, 2.75) is 13.8 Å². The van der Waals surface area contributed by atoms with Gasteiger partial charge in [-0.05, 0) is 26.0 Å². The fourth-order valence-electron chi connectivity index (χ4n) is 1.47. The van der Waals surface area contributed by atoms with Gasteiger partial charge >= 0.3 is 0 Å². The molecular formula is C13H15ClN2O2. The monoisotopic (exact) mass is 266 g/mol. The number of amides is 1. The number of rotatable bonds is 4. The van der Waals surface area contributed by atoms with Crippen LogP contribution in [-0.4, -0.2) is 18.7 Å². The number of hydrogen-bond acceptors (Lipinski definition) is 3. The lowest BCUT2D eigenvalue weighted by molar-refractivity contribution is -0.119. The van der Waals surface area contributed by atoms with Gasteiger partial charge in [0.1, 0.15) is 5.57 Å². The van der Waals surface area contributed by atoms with Gasteiger partial charge in [-0.25, -0.2) is 0 Å². The fourth-order valence-corrected chi connectivity index (χ4v) is 1.65. The third-order valence-corrected chi connectivity index (χ3v) is 2.78. The largest absolute Gasteiger partial charge is 0.391 e. The highest BCUT2D eigenvalue weighted by molar-refractivity contribution is 6.34. The summed E-state index contributed by atoms with van der Waals surface area (Å²) in [7, 11) is 1.65. The van der Waals surface area contributed by atoms with Crippen LogP contribution in [0.1, 0.15) is 13.8 Å². The molecule has 0 aromatic heterocycles. The number of allylic oxidation sites excluding steroid dienone is 1. The van der Waals surface area contributed by atoms with E-state index in [-0.39, 0.29) is 11.4 Å². The minimum Gasteiger partial charge on any atom is -0.391 e. The minimum absolute atomic E-state index is 0.0948. The van der Waals surface area contributed by atoms with Crippen molar-refractivity contribution in [1.82, 2.24) is 5.32 Å². The van der Waals surface area contributed by atoms with Gasteiger partial charge in [0.2, 0.25) is 0 Å². The van der Waals surface area contributed by atoms with Gasteiger partial charge < -0.3 is 10.6 Å². The topological polar surface area (TPSA) is 58.2 Å². The number of benzene rings is 1. The first kappa shape index (κ1) is 14.3. The Morgan fingerprint density at radius 1 is 1.17 bits per heavy atom. The zero-order chi connectivity index (χ0) is 13.7. The number of ketones is 1. The van der Waals surface area contributed by atoms with Crippen molar-refractivity contribution in [2.75, 3.05) is 12.4 Å². The van der Waals surface area contributed by atoms with Crippen LogP contribution in [0, 0.1) is 0 Å². The Morgan fingerprint density at radius 3 is 2.28 bits per heavy atom. The summed E-state index contributed by atoms with van der Waals surface area (Å²) in [5.74, 6) is -0.770. The molecule has 0 bridgehead atoms. The van der Waals surface area contributed by atoms with E-state index in [0.717, 1.165) is 0 Å². The molecule has 4 nitrogen and oxygen atoms in total. The van der Waals surface area contributed by atoms with E-state index in [1.807, 2.05) is 0 Å². The number of hydrogen-bond donors (Lipinski definition) is 2. The lowest BCUT2D eigenvalue weighted by Gasteiger charge is -2.11. The van der Waals surface area contributed by atoms with E-state index in [1.165, 1.54) is 6.92 Å². The Bertz CT molecular complexity index is 509. The molecule has 96 valence electrons. The quantitative estimate of drug-likeness (QED) is 0.500. The number of nitrogens with one attached hydrogen (secondary N) is 2. The van der Waals surface area contributed by atoms with Gasteiger partial charge in [-0.3, -0.25) is 9.59 Å². The number of halogens is 1. The SMILES string of the molecule is CNC(C)=C(C(C)=O)C(=O)Nc1ccccc1Cl. The molecule has 1 amide bonds. The molecule has 0 aliphatic rings. The van der Waals surface area contributed by atoms with Crippen LogP contribution in [0.5, 0.6) is 0 Å². The van der Waals surface area contributed by atoms with Crippen LogP contribution in [0.4, 0.5) is 5.69 Å². The predicted molar refractivity (Wildman–Crippen MR) is 72.5 cm³/mol. The molecular weight excluding hydrogens is 252 g/mol. The standard InChI is InChI=1S/C13H15ClN2O2/c1-8(15-3)12(9(2)17)13(18)16-11-7-5-4-6-10(11)14/h4-7,15H,1-3H3,(H,16,18). The second-order valence-corrected chi connectivity index (χ2v) is 4.15. The van der Waals surface area contributed by atoms with Crippen LogP contribution in [0.2, 0.25) is 5.02 Å². The highest BCUT2D eigenvalue weighted by atomic mass is 35.5. The first-order valence-corrected chi connectivity index (χ1v) is 5.80. The average Bonchev–Trinajstić information content (AvgIpc) is 2.31. The van der Waals surface area contributed by atoms with Crippen molar-refractivity contribution in [3.8, 4) is 0 Å². The maximum atomic E-state index is 12.0. The summed E-state index contributed by atoms with van der Waals surface area (Å²) in [5, 5.41) is 5.84. The van der Waals surface area contributed by atoms with Crippen LogP contribution in [0.15, 0.2) is 35.5 Å². The predicted octanol–water partition coefficient (Wildman–Crippen LogP) is 2.36. The zero-order valence-electron chi connectivity index (χ0n) is 10.5. The molecule has 0 saturated carbocycles. The average molecular weight is 267 g/mol. The number of carbonyl (C=O) groups is 2. The van der Waals surface area contributed by atoms with Crippen molar-refractivity contribution in [3.05, 3.63) is 40.6 Å². The van der Waals surface area contributed by atoms with Gasteiger partial charge in [-0.1, -0.05) is 23.7 Å². The number of Topliss-reactive ketones (excluding diaryl/α,β-unsaturated/α-hetero) is 1. The first-order chi connectivity index (χ1) is 8.47. The van der Waals surface area contributed by atoms with Crippen molar-refractivity contribution in [2.24, 2.45) is 0 Å². The molecule has 1 aromatic carbocycles. The molecule has 0 saturated heterocycles.